The van der Waals surface area contributed by atoms with E-state index in [1.54, 1.807) is 0 Å². The summed E-state index contributed by atoms with van der Waals surface area (Å²) < 4.78 is 5.41. The van der Waals surface area contributed by atoms with Gasteiger partial charge in [0.15, 0.2) is 0 Å². The predicted octanol–water partition coefficient (Wildman–Crippen LogP) is 1.61. The lowest BCUT2D eigenvalue weighted by molar-refractivity contribution is 0.0743. The van der Waals surface area contributed by atoms with Crippen molar-refractivity contribution in [3.05, 3.63) is 35.9 Å². The zero-order valence-corrected chi connectivity index (χ0v) is 8.41. The summed E-state index contributed by atoms with van der Waals surface area (Å²) in [4.78, 5) is 0. The molecule has 1 aromatic carbocycles. The van der Waals surface area contributed by atoms with Crippen LogP contribution in [0.15, 0.2) is 30.3 Å². The van der Waals surface area contributed by atoms with E-state index in [4.69, 9.17) is 4.74 Å². The summed E-state index contributed by atoms with van der Waals surface area (Å²) in [5.74, 6) is 0. The first-order valence-corrected chi connectivity index (χ1v) is 5.30. The molecule has 1 aliphatic rings. The van der Waals surface area contributed by atoms with Crippen LogP contribution in [0.25, 0.3) is 0 Å². The van der Waals surface area contributed by atoms with E-state index >= 15 is 0 Å². The molecule has 0 aliphatic carbocycles. The maximum Gasteiger partial charge on any atom is 0.0620 e. The first kappa shape index (κ1) is 9.69. The average Bonchev–Trinajstić information content (AvgIpc) is 2.29. The van der Waals surface area contributed by atoms with Crippen LogP contribution >= 0.6 is 0 Å². The Morgan fingerprint density at radius 1 is 1.29 bits per heavy atom. The van der Waals surface area contributed by atoms with Crippen LogP contribution in [0.1, 0.15) is 12.0 Å². The molecule has 14 heavy (non-hydrogen) atoms. The molecular formula is C12H17NO. The lowest BCUT2D eigenvalue weighted by Gasteiger charge is -2.23. The monoisotopic (exact) mass is 191 g/mol. The van der Waals surface area contributed by atoms with Crippen molar-refractivity contribution in [1.29, 1.82) is 0 Å². The van der Waals surface area contributed by atoms with E-state index in [-0.39, 0.29) is 0 Å². The van der Waals surface area contributed by atoms with Gasteiger partial charge in [0.1, 0.15) is 0 Å². The van der Waals surface area contributed by atoms with Crippen molar-refractivity contribution in [3.63, 3.8) is 0 Å². The molecule has 1 fully saturated rings. The Hall–Kier alpha value is -0.860. The molecule has 1 unspecified atom stereocenters. The second-order valence-corrected chi connectivity index (χ2v) is 3.75. The van der Waals surface area contributed by atoms with Crippen molar-refractivity contribution in [2.45, 2.75) is 18.9 Å². The van der Waals surface area contributed by atoms with Crippen molar-refractivity contribution in [1.82, 2.24) is 5.32 Å². The number of benzene rings is 1. The highest BCUT2D eigenvalue weighted by atomic mass is 16.5. The normalized spacial score (nSPS) is 22.1. The smallest absolute Gasteiger partial charge is 0.0620 e. The minimum atomic E-state index is 0.545. The van der Waals surface area contributed by atoms with Crippen LogP contribution in [0.4, 0.5) is 0 Å². The molecule has 0 bridgehead atoms. The standard InChI is InChI=1S/C12H17NO/c1-2-4-11(5-3-1)6-7-12-10-14-9-8-13-12/h1-5,12-13H,6-10H2. The fraction of sp³-hybridized carbons (Fsp3) is 0.500. The number of ether oxygens (including phenoxy) is 1. The maximum absolute atomic E-state index is 5.41. The number of hydrogen-bond donors (Lipinski definition) is 1. The lowest BCUT2D eigenvalue weighted by Crippen LogP contribution is -2.41. The highest BCUT2D eigenvalue weighted by Gasteiger charge is 2.11. The van der Waals surface area contributed by atoms with Crippen LogP contribution < -0.4 is 5.32 Å². The van der Waals surface area contributed by atoms with E-state index in [1.807, 2.05) is 0 Å². The van der Waals surface area contributed by atoms with Gasteiger partial charge in [-0.05, 0) is 18.4 Å². The molecule has 76 valence electrons. The molecule has 2 nitrogen and oxygen atoms in total. The second kappa shape index (κ2) is 5.13. The molecule has 1 aromatic rings. The molecule has 1 aliphatic heterocycles. The minimum Gasteiger partial charge on any atom is -0.379 e. The van der Waals surface area contributed by atoms with Gasteiger partial charge in [0, 0.05) is 12.6 Å². The fourth-order valence-corrected chi connectivity index (χ4v) is 1.79. The summed E-state index contributed by atoms with van der Waals surface area (Å²) in [5, 5.41) is 3.46. The van der Waals surface area contributed by atoms with Gasteiger partial charge < -0.3 is 10.1 Å². The molecule has 1 N–H and O–H groups in total. The molecule has 0 aromatic heterocycles. The Balaban J connectivity index is 1.76. The number of aryl methyl sites for hydroxylation is 1. The minimum absolute atomic E-state index is 0.545. The van der Waals surface area contributed by atoms with E-state index in [2.05, 4.69) is 35.6 Å². The van der Waals surface area contributed by atoms with Gasteiger partial charge in [-0.1, -0.05) is 30.3 Å². The molecule has 2 rings (SSSR count). The summed E-state index contributed by atoms with van der Waals surface area (Å²) in [6.45, 7) is 2.73. The van der Waals surface area contributed by atoms with E-state index < -0.39 is 0 Å². The van der Waals surface area contributed by atoms with Gasteiger partial charge in [0.05, 0.1) is 13.2 Å². The third-order valence-electron chi connectivity index (χ3n) is 2.62. The van der Waals surface area contributed by atoms with Crippen LogP contribution in [0.3, 0.4) is 0 Å². The van der Waals surface area contributed by atoms with Crippen molar-refractivity contribution >= 4 is 0 Å². The zero-order chi connectivity index (χ0) is 9.64. The summed E-state index contributed by atoms with van der Waals surface area (Å²) in [6, 6.07) is 11.2. The van der Waals surface area contributed by atoms with Crippen LogP contribution in [-0.4, -0.2) is 25.8 Å². The summed E-state index contributed by atoms with van der Waals surface area (Å²) in [6.07, 6.45) is 2.31. The largest absolute Gasteiger partial charge is 0.379 e. The average molecular weight is 191 g/mol. The van der Waals surface area contributed by atoms with Gasteiger partial charge >= 0.3 is 0 Å². The van der Waals surface area contributed by atoms with Gasteiger partial charge in [-0.3, -0.25) is 0 Å². The van der Waals surface area contributed by atoms with Crippen LogP contribution in [0, 0.1) is 0 Å². The van der Waals surface area contributed by atoms with E-state index in [1.165, 1.54) is 12.0 Å². The predicted molar refractivity (Wildman–Crippen MR) is 57.4 cm³/mol. The molecule has 1 atom stereocenters. The molecule has 0 saturated carbocycles. The topological polar surface area (TPSA) is 21.3 Å². The molecule has 2 heteroatoms. The van der Waals surface area contributed by atoms with Crippen molar-refractivity contribution in [2.75, 3.05) is 19.8 Å². The number of rotatable bonds is 3. The van der Waals surface area contributed by atoms with Crippen LogP contribution in [0.5, 0.6) is 0 Å². The van der Waals surface area contributed by atoms with Crippen molar-refractivity contribution in [3.8, 4) is 0 Å². The zero-order valence-electron chi connectivity index (χ0n) is 8.41. The van der Waals surface area contributed by atoms with E-state index in [0.717, 1.165) is 26.2 Å². The SMILES string of the molecule is c1ccc(CCC2COCCN2)cc1. The molecule has 0 amide bonds. The van der Waals surface area contributed by atoms with E-state index in [0.29, 0.717) is 6.04 Å². The number of nitrogens with one attached hydrogen (secondary N) is 1. The number of hydrogen-bond acceptors (Lipinski definition) is 2. The van der Waals surface area contributed by atoms with Gasteiger partial charge in [-0.2, -0.15) is 0 Å². The molecule has 1 heterocycles. The summed E-state index contributed by atoms with van der Waals surface area (Å²) in [5.41, 5.74) is 1.42. The maximum atomic E-state index is 5.41. The Morgan fingerprint density at radius 3 is 2.86 bits per heavy atom. The number of morpholine rings is 1. The van der Waals surface area contributed by atoms with Gasteiger partial charge in [-0.25, -0.2) is 0 Å². The van der Waals surface area contributed by atoms with E-state index in [9.17, 15) is 0 Å². The Morgan fingerprint density at radius 2 is 2.14 bits per heavy atom. The quantitative estimate of drug-likeness (QED) is 0.783. The van der Waals surface area contributed by atoms with Crippen molar-refractivity contribution in [2.24, 2.45) is 0 Å². The second-order valence-electron chi connectivity index (χ2n) is 3.75. The fourth-order valence-electron chi connectivity index (χ4n) is 1.79. The van der Waals surface area contributed by atoms with Crippen LogP contribution in [0.2, 0.25) is 0 Å². The first-order valence-electron chi connectivity index (χ1n) is 5.30. The van der Waals surface area contributed by atoms with Crippen LogP contribution in [-0.2, 0) is 11.2 Å². The summed E-state index contributed by atoms with van der Waals surface area (Å²) in [7, 11) is 0. The van der Waals surface area contributed by atoms with Gasteiger partial charge in [0.25, 0.3) is 0 Å². The highest BCUT2D eigenvalue weighted by Crippen LogP contribution is 2.06. The lowest BCUT2D eigenvalue weighted by atomic mass is 10.1. The summed E-state index contributed by atoms with van der Waals surface area (Å²) >= 11 is 0. The van der Waals surface area contributed by atoms with Crippen molar-refractivity contribution < 1.29 is 4.74 Å². The highest BCUT2D eigenvalue weighted by molar-refractivity contribution is 5.14. The Labute approximate surface area is 85.3 Å². The molecular weight excluding hydrogens is 174 g/mol. The first-order chi connectivity index (χ1) is 6.95. The Kier molecular flexibility index (Phi) is 3.55. The Bertz CT molecular complexity index is 254. The van der Waals surface area contributed by atoms with Gasteiger partial charge in [0.2, 0.25) is 0 Å². The van der Waals surface area contributed by atoms with Gasteiger partial charge in [-0.15, -0.1) is 0 Å². The molecule has 0 spiro atoms. The third-order valence-corrected chi connectivity index (χ3v) is 2.62. The molecule has 0 radical (unpaired) electrons. The third kappa shape index (κ3) is 2.82. The molecule has 1 saturated heterocycles.